The molecule has 35 heavy (non-hydrogen) atoms. The molecule has 1 aromatic heterocycles. The van der Waals surface area contributed by atoms with Crippen LogP contribution in [0, 0.1) is 0 Å². The summed E-state index contributed by atoms with van der Waals surface area (Å²) in [5.74, 6) is 1.55. The van der Waals surface area contributed by atoms with Crippen LogP contribution in [0.3, 0.4) is 0 Å². The lowest BCUT2D eigenvalue weighted by molar-refractivity contribution is 0.104. The van der Waals surface area contributed by atoms with E-state index in [9.17, 15) is 4.79 Å². The van der Waals surface area contributed by atoms with E-state index in [1.54, 1.807) is 18.4 Å². The van der Waals surface area contributed by atoms with Gasteiger partial charge in [-0.3, -0.25) is 9.69 Å². The van der Waals surface area contributed by atoms with Gasteiger partial charge in [-0.05, 0) is 86.1 Å². The highest BCUT2D eigenvalue weighted by Crippen LogP contribution is 2.41. The number of fused-ring (bicyclic) bond motifs is 1. The molecule has 0 N–H and O–H groups in total. The van der Waals surface area contributed by atoms with E-state index in [1.165, 1.54) is 19.3 Å². The van der Waals surface area contributed by atoms with E-state index in [0.29, 0.717) is 22.8 Å². The average Bonchev–Trinajstić information content (AvgIpc) is 3.28. The molecule has 5 rings (SSSR count). The minimum Gasteiger partial charge on any atom is -0.497 e. The van der Waals surface area contributed by atoms with E-state index >= 15 is 0 Å². The van der Waals surface area contributed by atoms with Gasteiger partial charge in [-0.15, -0.1) is 11.3 Å². The summed E-state index contributed by atoms with van der Waals surface area (Å²) < 4.78 is 12.4. The minimum atomic E-state index is -0.00812. The maximum absolute atomic E-state index is 13.8. The molecule has 4 nitrogen and oxygen atoms in total. The van der Waals surface area contributed by atoms with E-state index < -0.39 is 0 Å². The van der Waals surface area contributed by atoms with Crippen molar-refractivity contribution in [3.05, 3.63) is 82.9 Å². The number of benzene rings is 3. The van der Waals surface area contributed by atoms with Crippen molar-refractivity contribution >= 4 is 38.8 Å². The zero-order valence-corrected chi connectivity index (χ0v) is 21.3. The summed E-state index contributed by atoms with van der Waals surface area (Å²) in [5.41, 5.74) is 2.31. The van der Waals surface area contributed by atoms with Crippen LogP contribution in [0.25, 0.3) is 20.5 Å². The first kappa shape index (κ1) is 23.9. The largest absolute Gasteiger partial charge is 0.497 e. The zero-order valence-electron chi connectivity index (χ0n) is 19.8. The van der Waals surface area contributed by atoms with Gasteiger partial charge in [0.2, 0.25) is 0 Å². The van der Waals surface area contributed by atoms with Gasteiger partial charge in [0.25, 0.3) is 0 Å². The van der Waals surface area contributed by atoms with Gasteiger partial charge in [-0.1, -0.05) is 30.2 Å². The summed E-state index contributed by atoms with van der Waals surface area (Å²) in [5, 5.41) is 1.59. The number of methoxy groups -OCH3 is 1. The molecule has 6 heteroatoms. The number of rotatable bonds is 8. The second kappa shape index (κ2) is 10.8. The normalized spacial score (nSPS) is 14.2. The summed E-state index contributed by atoms with van der Waals surface area (Å²) in [4.78, 5) is 17.2. The molecule has 1 fully saturated rings. The van der Waals surface area contributed by atoms with Crippen LogP contribution in [-0.4, -0.2) is 44.0 Å². The number of halogens is 1. The fraction of sp³-hybridized carbons (Fsp3) is 0.276. The Morgan fingerprint density at radius 3 is 2.37 bits per heavy atom. The molecule has 180 valence electrons. The lowest BCUT2D eigenvalue weighted by Crippen LogP contribution is -2.33. The maximum Gasteiger partial charge on any atom is 0.195 e. The van der Waals surface area contributed by atoms with Gasteiger partial charge in [0.05, 0.1) is 7.11 Å². The third-order valence-electron chi connectivity index (χ3n) is 6.47. The van der Waals surface area contributed by atoms with Crippen molar-refractivity contribution in [1.82, 2.24) is 4.90 Å². The minimum absolute atomic E-state index is 0.00812. The van der Waals surface area contributed by atoms with Crippen molar-refractivity contribution in [2.24, 2.45) is 0 Å². The topological polar surface area (TPSA) is 38.8 Å². The second-order valence-corrected chi connectivity index (χ2v) is 10.3. The van der Waals surface area contributed by atoms with Crippen LogP contribution in [0.2, 0.25) is 5.02 Å². The summed E-state index contributed by atoms with van der Waals surface area (Å²) in [6.45, 7) is 3.92. The fourth-order valence-electron chi connectivity index (χ4n) is 4.56. The van der Waals surface area contributed by atoms with E-state index in [-0.39, 0.29) is 5.78 Å². The predicted octanol–water partition coefficient (Wildman–Crippen LogP) is 7.33. The Morgan fingerprint density at radius 2 is 1.66 bits per heavy atom. The van der Waals surface area contributed by atoms with E-state index in [0.717, 1.165) is 51.7 Å². The number of hydrogen-bond acceptors (Lipinski definition) is 5. The number of hydrogen-bond donors (Lipinski definition) is 0. The SMILES string of the molecule is COc1ccc2c(C(=O)c3ccc(OCCN4CCCCC4)cc3)c(-c3ccc(Cl)cc3)sc2c1. The summed E-state index contributed by atoms with van der Waals surface area (Å²) in [7, 11) is 1.65. The van der Waals surface area contributed by atoms with Crippen molar-refractivity contribution in [3.63, 3.8) is 0 Å². The Hall–Kier alpha value is -2.86. The number of ether oxygens (including phenoxy) is 2. The first-order valence-corrected chi connectivity index (χ1v) is 13.2. The van der Waals surface area contributed by atoms with Gasteiger partial charge in [0.1, 0.15) is 18.1 Å². The molecule has 4 aromatic rings. The molecule has 0 saturated carbocycles. The van der Waals surface area contributed by atoms with Crippen molar-refractivity contribution in [1.29, 1.82) is 0 Å². The molecule has 0 atom stereocenters. The summed E-state index contributed by atoms with van der Waals surface area (Å²) in [6.07, 6.45) is 3.89. The van der Waals surface area contributed by atoms with E-state index in [4.69, 9.17) is 21.1 Å². The van der Waals surface area contributed by atoms with Crippen molar-refractivity contribution < 1.29 is 14.3 Å². The first-order valence-electron chi connectivity index (χ1n) is 12.0. The number of piperidine rings is 1. The molecular weight excluding hydrogens is 478 g/mol. The molecular formula is C29H28ClNO3S. The molecule has 0 bridgehead atoms. The number of nitrogens with zero attached hydrogens (tertiary/aromatic N) is 1. The van der Waals surface area contributed by atoms with Gasteiger partial charge >= 0.3 is 0 Å². The highest BCUT2D eigenvalue weighted by Gasteiger charge is 2.22. The van der Waals surface area contributed by atoms with Crippen LogP contribution in [0.4, 0.5) is 0 Å². The Morgan fingerprint density at radius 1 is 0.943 bits per heavy atom. The number of ketones is 1. The predicted molar refractivity (Wildman–Crippen MR) is 144 cm³/mol. The van der Waals surface area contributed by atoms with Gasteiger partial charge in [0.15, 0.2) is 5.78 Å². The standard InChI is InChI=1S/C29H28ClNO3S/c1-33-24-13-14-25-26(19-24)35-29(21-5-9-22(30)10-6-21)27(25)28(32)20-7-11-23(12-8-20)34-18-17-31-15-3-2-4-16-31/h5-14,19H,2-4,15-18H2,1H3. The number of likely N-dealkylation sites (tertiary alicyclic amines) is 1. The molecule has 0 unspecified atom stereocenters. The molecule has 0 amide bonds. The Kier molecular flexibility index (Phi) is 7.37. The van der Waals surface area contributed by atoms with Crippen molar-refractivity contribution in [2.45, 2.75) is 19.3 Å². The van der Waals surface area contributed by atoms with Crippen LogP contribution in [-0.2, 0) is 0 Å². The van der Waals surface area contributed by atoms with Gasteiger partial charge in [0, 0.05) is 37.7 Å². The highest BCUT2D eigenvalue weighted by atomic mass is 35.5. The molecule has 3 aromatic carbocycles. The molecule has 1 saturated heterocycles. The van der Waals surface area contributed by atoms with Crippen LogP contribution < -0.4 is 9.47 Å². The highest BCUT2D eigenvalue weighted by molar-refractivity contribution is 7.22. The van der Waals surface area contributed by atoms with Crippen molar-refractivity contribution in [3.8, 4) is 21.9 Å². The second-order valence-electron chi connectivity index (χ2n) is 8.78. The molecule has 0 aliphatic carbocycles. The molecule has 2 heterocycles. The van der Waals surface area contributed by atoms with Crippen LogP contribution in [0.5, 0.6) is 11.5 Å². The summed E-state index contributed by atoms with van der Waals surface area (Å²) in [6, 6.07) is 21.0. The van der Waals surface area contributed by atoms with Crippen LogP contribution >= 0.6 is 22.9 Å². The molecule has 0 radical (unpaired) electrons. The Bertz CT molecular complexity index is 1310. The third-order valence-corrected chi connectivity index (χ3v) is 7.93. The Labute approximate surface area is 215 Å². The first-order chi connectivity index (χ1) is 17.1. The van der Waals surface area contributed by atoms with Crippen molar-refractivity contribution in [2.75, 3.05) is 33.4 Å². The molecule has 1 aliphatic heterocycles. The molecule has 0 spiro atoms. The maximum atomic E-state index is 13.8. The van der Waals surface area contributed by atoms with Crippen LogP contribution in [0.1, 0.15) is 35.2 Å². The van der Waals surface area contributed by atoms with E-state index in [2.05, 4.69) is 4.90 Å². The van der Waals surface area contributed by atoms with Gasteiger partial charge in [-0.25, -0.2) is 0 Å². The van der Waals surface area contributed by atoms with Gasteiger partial charge < -0.3 is 9.47 Å². The Balaban J connectivity index is 1.40. The number of carbonyl (C=O) groups is 1. The number of carbonyl (C=O) groups excluding carboxylic acids is 1. The lowest BCUT2D eigenvalue weighted by Gasteiger charge is -2.26. The number of thiophene rings is 1. The lowest BCUT2D eigenvalue weighted by atomic mass is 9.97. The summed E-state index contributed by atoms with van der Waals surface area (Å²) >= 11 is 7.71. The third kappa shape index (κ3) is 5.37. The zero-order chi connectivity index (χ0) is 24.2. The fourth-order valence-corrected chi connectivity index (χ4v) is 5.92. The average molecular weight is 506 g/mol. The van der Waals surface area contributed by atoms with Gasteiger partial charge in [-0.2, -0.15) is 0 Å². The quantitative estimate of drug-likeness (QED) is 0.235. The monoisotopic (exact) mass is 505 g/mol. The smallest absolute Gasteiger partial charge is 0.195 e. The molecule has 1 aliphatic rings. The van der Waals surface area contributed by atoms with E-state index in [1.807, 2.05) is 66.7 Å². The van der Waals surface area contributed by atoms with Crippen LogP contribution in [0.15, 0.2) is 66.7 Å².